The Balaban J connectivity index is 1.64. The van der Waals surface area contributed by atoms with Gasteiger partial charge >= 0.3 is 0 Å². The highest BCUT2D eigenvalue weighted by atomic mass is 32.2. The van der Waals surface area contributed by atoms with Crippen LogP contribution in [0.25, 0.3) is 10.2 Å². The van der Waals surface area contributed by atoms with E-state index in [9.17, 15) is 13.2 Å². The fourth-order valence-corrected chi connectivity index (χ4v) is 5.65. The first-order valence-corrected chi connectivity index (χ1v) is 12.6. The molecule has 0 aliphatic rings. The zero-order valence-corrected chi connectivity index (χ0v) is 19.1. The van der Waals surface area contributed by atoms with Crippen LogP contribution in [0.2, 0.25) is 0 Å². The molecule has 0 spiro atoms. The SMILES string of the molecule is COc1ccc2nc(N(Cc3ccccc3)C(=O)CS(=O)(=O)Cc3ccccc3)sc2c1. The highest BCUT2D eigenvalue weighted by Crippen LogP contribution is 2.32. The lowest BCUT2D eigenvalue weighted by Gasteiger charge is -2.20. The normalized spacial score (nSPS) is 11.4. The smallest absolute Gasteiger partial charge is 0.244 e. The van der Waals surface area contributed by atoms with Crippen LogP contribution in [0, 0.1) is 0 Å². The number of aromatic nitrogens is 1. The second-order valence-electron chi connectivity index (χ2n) is 7.31. The van der Waals surface area contributed by atoms with Crippen molar-refractivity contribution in [3.63, 3.8) is 0 Å². The molecular formula is C24H22N2O4S2. The van der Waals surface area contributed by atoms with Gasteiger partial charge in [-0.05, 0) is 29.3 Å². The van der Waals surface area contributed by atoms with Gasteiger partial charge in [-0.2, -0.15) is 0 Å². The molecule has 6 nitrogen and oxygen atoms in total. The summed E-state index contributed by atoms with van der Waals surface area (Å²) in [6.07, 6.45) is 0. The van der Waals surface area contributed by atoms with Crippen molar-refractivity contribution in [3.05, 3.63) is 90.0 Å². The van der Waals surface area contributed by atoms with Crippen molar-refractivity contribution >= 4 is 42.4 Å². The Kier molecular flexibility index (Phi) is 6.53. The number of hydrogen-bond donors (Lipinski definition) is 0. The largest absolute Gasteiger partial charge is 0.497 e. The lowest BCUT2D eigenvalue weighted by atomic mass is 10.2. The molecule has 4 aromatic rings. The molecule has 0 aliphatic carbocycles. The quantitative estimate of drug-likeness (QED) is 0.383. The second kappa shape index (κ2) is 9.50. The molecule has 0 saturated heterocycles. The molecule has 8 heteroatoms. The lowest BCUT2D eigenvalue weighted by Crippen LogP contribution is -2.35. The Morgan fingerprint density at radius 3 is 2.28 bits per heavy atom. The maximum atomic E-state index is 13.2. The van der Waals surface area contributed by atoms with Gasteiger partial charge in [0.1, 0.15) is 11.5 Å². The molecular weight excluding hydrogens is 444 g/mol. The maximum Gasteiger partial charge on any atom is 0.244 e. The van der Waals surface area contributed by atoms with Crippen molar-refractivity contribution in [3.8, 4) is 5.75 Å². The summed E-state index contributed by atoms with van der Waals surface area (Å²) in [5, 5.41) is 0.456. The lowest BCUT2D eigenvalue weighted by molar-refractivity contribution is -0.116. The second-order valence-corrected chi connectivity index (χ2v) is 10.4. The minimum Gasteiger partial charge on any atom is -0.497 e. The number of ether oxygens (including phenoxy) is 1. The summed E-state index contributed by atoms with van der Waals surface area (Å²) in [4.78, 5) is 19.3. The topological polar surface area (TPSA) is 76.6 Å². The first kappa shape index (κ1) is 22.0. The van der Waals surface area contributed by atoms with E-state index in [1.54, 1.807) is 37.4 Å². The number of carbonyl (C=O) groups excluding carboxylic acids is 1. The minimum absolute atomic E-state index is 0.185. The molecule has 0 unspecified atom stereocenters. The number of anilines is 1. The fraction of sp³-hybridized carbons (Fsp3) is 0.167. The van der Waals surface area contributed by atoms with Gasteiger partial charge in [-0.25, -0.2) is 13.4 Å². The summed E-state index contributed by atoms with van der Waals surface area (Å²) >= 11 is 1.33. The van der Waals surface area contributed by atoms with E-state index in [1.807, 2.05) is 48.5 Å². The number of rotatable bonds is 8. The van der Waals surface area contributed by atoms with Gasteiger partial charge in [0.15, 0.2) is 15.0 Å². The number of methoxy groups -OCH3 is 1. The third-order valence-corrected chi connectivity index (χ3v) is 7.37. The summed E-state index contributed by atoms with van der Waals surface area (Å²) in [5.74, 6) is -0.584. The van der Waals surface area contributed by atoms with Crippen LogP contribution in [-0.2, 0) is 26.9 Å². The number of amides is 1. The molecule has 0 saturated carbocycles. The molecule has 1 amide bonds. The average molecular weight is 467 g/mol. The average Bonchev–Trinajstić information content (AvgIpc) is 3.21. The van der Waals surface area contributed by atoms with E-state index in [4.69, 9.17) is 4.74 Å². The molecule has 1 heterocycles. The van der Waals surface area contributed by atoms with Gasteiger partial charge in [0.2, 0.25) is 5.91 Å². The Labute approximate surface area is 191 Å². The first-order valence-electron chi connectivity index (χ1n) is 9.97. The van der Waals surface area contributed by atoms with Gasteiger partial charge in [0.05, 0.1) is 29.6 Å². The predicted molar refractivity (Wildman–Crippen MR) is 128 cm³/mol. The van der Waals surface area contributed by atoms with Crippen LogP contribution in [0.4, 0.5) is 5.13 Å². The van der Waals surface area contributed by atoms with Crippen molar-refractivity contribution in [2.45, 2.75) is 12.3 Å². The van der Waals surface area contributed by atoms with Gasteiger partial charge in [-0.3, -0.25) is 9.69 Å². The Morgan fingerprint density at radius 1 is 0.969 bits per heavy atom. The summed E-state index contributed by atoms with van der Waals surface area (Å²) in [6, 6.07) is 23.8. The van der Waals surface area contributed by atoms with E-state index in [-0.39, 0.29) is 12.3 Å². The number of thiazole rings is 1. The van der Waals surface area contributed by atoms with E-state index < -0.39 is 21.5 Å². The first-order chi connectivity index (χ1) is 15.4. The number of carbonyl (C=O) groups is 1. The third-order valence-electron chi connectivity index (χ3n) is 4.87. The zero-order chi connectivity index (χ0) is 22.6. The van der Waals surface area contributed by atoms with Crippen molar-refractivity contribution < 1.29 is 17.9 Å². The van der Waals surface area contributed by atoms with Crippen LogP contribution in [0.1, 0.15) is 11.1 Å². The fourth-order valence-electron chi connectivity index (χ4n) is 3.31. The molecule has 0 N–H and O–H groups in total. The molecule has 164 valence electrons. The van der Waals surface area contributed by atoms with Crippen molar-refractivity contribution in [1.29, 1.82) is 0 Å². The molecule has 0 atom stereocenters. The monoisotopic (exact) mass is 466 g/mol. The van der Waals surface area contributed by atoms with Crippen molar-refractivity contribution in [2.75, 3.05) is 17.8 Å². The molecule has 0 fully saturated rings. The van der Waals surface area contributed by atoms with Crippen molar-refractivity contribution in [1.82, 2.24) is 4.98 Å². The molecule has 0 bridgehead atoms. The van der Waals surface area contributed by atoms with Crippen LogP contribution in [0.15, 0.2) is 78.9 Å². The van der Waals surface area contributed by atoms with Crippen LogP contribution in [0.5, 0.6) is 5.75 Å². The van der Waals surface area contributed by atoms with Gasteiger partial charge in [-0.1, -0.05) is 72.0 Å². The zero-order valence-electron chi connectivity index (χ0n) is 17.5. The summed E-state index contributed by atoms with van der Waals surface area (Å²) in [6.45, 7) is 0.234. The van der Waals surface area contributed by atoms with Gasteiger partial charge in [-0.15, -0.1) is 0 Å². The van der Waals surface area contributed by atoms with Crippen LogP contribution < -0.4 is 9.64 Å². The Hall–Kier alpha value is -3.23. The Morgan fingerprint density at radius 2 is 1.62 bits per heavy atom. The number of fused-ring (bicyclic) bond motifs is 1. The van der Waals surface area contributed by atoms with E-state index in [0.29, 0.717) is 16.4 Å². The standard InChI is InChI=1S/C24H22N2O4S2/c1-30-20-12-13-21-22(14-20)31-24(25-21)26(15-18-8-4-2-5-9-18)23(27)17-32(28,29)16-19-10-6-3-7-11-19/h2-14H,15-17H2,1H3. The van der Waals surface area contributed by atoms with Crippen LogP contribution >= 0.6 is 11.3 Å². The van der Waals surface area contributed by atoms with Gasteiger partial charge in [0, 0.05) is 0 Å². The van der Waals surface area contributed by atoms with Crippen LogP contribution in [-0.4, -0.2) is 32.2 Å². The van der Waals surface area contributed by atoms with E-state index in [2.05, 4.69) is 4.98 Å². The Bertz CT molecular complexity index is 1320. The third kappa shape index (κ3) is 5.33. The number of nitrogens with zero attached hydrogens (tertiary/aromatic N) is 2. The van der Waals surface area contributed by atoms with Gasteiger partial charge < -0.3 is 4.74 Å². The maximum absolute atomic E-state index is 13.2. The molecule has 0 radical (unpaired) electrons. The molecule has 0 aliphatic heterocycles. The summed E-state index contributed by atoms with van der Waals surface area (Å²) in [7, 11) is -2.07. The van der Waals surface area contributed by atoms with Gasteiger partial charge in [0.25, 0.3) is 0 Å². The van der Waals surface area contributed by atoms with E-state index in [1.165, 1.54) is 16.2 Å². The molecule has 32 heavy (non-hydrogen) atoms. The molecule has 1 aromatic heterocycles. The number of benzene rings is 3. The predicted octanol–water partition coefficient (Wildman–Crippen LogP) is 4.45. The summed E-state index contributed by atoms with van der Waals surface area (Å²) < 4.78 is 31.7. The van der Waals surface area contributed by atoms with E-state index in [0.717, 1.165) is 15.8 Å². The minimum atomic E-state index is -3.65. The number of hydrogen-bond acceptors (Lipinski definition) is 6. The number of sulfone groups is 1. The highest BCUT2D eigenvalue weighted by molar-refractivity contribution is 7.91. The highest BCUT2D eigenvalue weighted by Gasteiger charge is 2.26. The summed E-state index contributed by atoms with van der Waals surface area (Å²) in [5.41, 5.74) is 2.27. The van der Waals surface area contributed by atoms with E-state index >= 15 is 0 Å². The van der Waals surface area contributed by atoms with Crippen LogP contribution in [0.3, 0.4) is 0 Å². The molecule has 3 aromatic carbocycles. The molecule has 4 rings (SSSR count). The van der Waals surface area contributed by atoms with Crippen molar-refractivity contribution in [2.24, 2.45) is 0 Å².